The van der Waals surface area contributed by atoms with Gasteiger partial charge in [0.25, 0.3) is 0 Å². The van der Waals surface area contributed by atoms with Crippen LogP contribution in [0.15, 0.2) is 24.3 Å². The molecule has 2 heterocycles. The van der Waals surface area contributed by atoms with Crippen molar-refractivity contribution in [2.75, 3.05) is 20.6 Å². The number of benzene rings is 1. The molecule has 7 N–H and O–H groups in total. The Morgan fingerprint density at radius 3 is 2.66 bits per heavy atom. The first-order chi connectivity index (χ1) is 16.5. The summed E-state index contributed by atoms with van der Waals surface area (Å²) in [5, 5.41) is 31.9. The van der Waals surface area contributed by atoms with Gasteiger partial charge in [0.1, 0.15) is 11.9 Å². The number of nitrogens with one attached hydrogen (secondary N) is 3. The summed E-state index contributed by atoms with van der Waals surface area (Å²) >= 11 is 0. The third-order valence-electron chi connectivity index (χ3n) is 7.05. The van der Waals surface area contributed by atoms with Gasteiger partial charge >= 0.3 is 7.82 Å². The first-order valence-corrected chi connectivity index (χ1v) is 13.4. The second-order valence-electron chi connectivity index (χ2n) is 9.52. The highest BCUT2D eigenvalue weighted by Crippen LogP contribution is 2.44. The van der Waals surface area contributed by atoms with Crippen LogP contribution in [0.5, 0.6) is 5.75 Å². The first kappa shape index (κ1) is 26.9. The van der Waals surface area contributed by atoms with E-state index in [1.165, 1.54) is 6.07 Å². The molecule has 9 atom stereocenters. The van der Waals surface area contributed by atoms with Crippen LogP contribution in [0.25, 0.3) is 0 Å². The lowest BCUT2D eigenvalue weighted by atomic mass is 9.80. The molecule has 12 nitrogen and oxygen atoms in total. The molecular formula is C22H36N3O9P. The van der Waals surface area contributed by atoms with Gasteiger partial charge in [0.2, 0.25) is 12.1 Å². The lowest BCUT2D eigenvalue weighted by Gasteiger charge is -2.57. The van der Waals surface area contributed by atoms with E-state index in [2.05, 4.69) is 20.5 Å². The molecule has 0 spiro atoms. The van der Waals surface area contributed by atoms with Crippen molar-refractivity contribution in [3.8, 4) is 5.75 Å². The Kier molecular flexibility index (Phi) is 8.21. The summed E-state index contributed by atoms with van der Waals surface area (Å²) in [5.74, 6) is -2.02. The largest absolute Gasteiger partial charge is 0.524 e. The zero-order valence-corrected chi connectivity index (χ0v) is 20.9. The Morgan fingerprint density at radius 2 is 1.97 bits per heavy atom. The fraction of sp³-hybridized carbons (Fsp3) is 0.727. The molecule has 3 aliphatic rings. The molecule has 3 fully saturated rings. The van der Waals surface area contributed by atoms with Crippen LogP contribution in [-0.4, -0.2) is 89.2 Å². The van der Waals surface area contributed by atoms with E-state index >= 15 is 0 Å². The second kappa shape index (κ2) is 10.7. The lowest BCUT2D eigenvalue weighted by molar-refractivity contribution is -0.451. The van der Waals surface area contributed by atoms with Crippen molar-refractivity contribution in [3.05, 3.63) is 29.8 Å². The zero-order chi connectivity index (χ0) is 25.4. The predicted octanol–water partition coefficient (Wildman–Crippen LogP) is -0.588. The maximum absolute atomic E-state index is 11.7. The van der Waals surface area contributed by atoms with Crippen LogP contribution in [0.2, 0.25) is 0 Å². The molecule has 1 aromatic rings. The Labute approximate surface area is 204 Å². The topological polar surface area (TPSA) is 171 Å². The molecule has 2 aliphatic heterocycles. The smallest absolute Gasteiger partial charge is 0.404 e. The van der Waals surface area contributed by atoms with Gasteiger partial charge in [-0.1, -0.05) is 12.1 Å². The summed E-state index contributed by atoms with van der Waals surface area (Å²) in [6.45, 7) is 2.67. The Morgan fingerprint density at radius 1 is 1.20 bits per heavy atom. The van der Waals surface area contributed by atoms with Crippen molar-refractivity contribution in [2.45, 2.75) is 74.9 Å². The minimum absolute atomic E-state index is 0.0694. The van der Waals surface area contributed by atoms with E-state index in [4.69, 9.17) is 24.0 Å². The summed E-state index contributed by atoms with van der Waals surface area (Å²) < 4.78 is 34.2. The van der Waals surface area contributed by atoms with Crippen LogP contribution >= 0.6 is 7.82 Å². The van der Waals surface area contributed by atoms with Crippen molar-refractivity contribution >= 4 is 7.82 Å². The molecule has 198 valence electrons. The summed E-state index contributed by atoms with van der Waals surface area (Å²) in [4.78, 5) is 18.0. The standard InChI is InChI=1S/C22H36N3O9P/c1-12-7-14(11-25-10-13-5-4-6-15(8-13)34-35(28,29)30)22(27)21(31-12)32-17-9-16(23-2)19(26)18(24-3)20(17)33-22/h4-6,8,12,14,16-21,23-27H,7,9-11H2,1-3H3,(H2,28,29,30)/t12-,14?,16?,17?,18?,19?,20?,21?,22?/m1/s1. The number of hydrogen-bond acceptors (Lipinski definition) is 10. The number of rotatable bonds is 8. The maximum atomic E-state index is 11.7. The highest BCUT2D eigenvalue weighted by Gasteiger charge is 2.60. The molecule has 1 aromatic carbocycles. The van der Waals surface area contributed by atoms with Gasteiger partial charge in [0.15, 0.2) is 0 Å². The molecule has 2 saturated heterocycles. The number of aliphatic hydroxyl groups is 2. The fourth-order valence-electron chi connectivity index (χ4n) is 5.36. The maximum Gasteiger partial charge on any atom is 0.524 e. The van der Waals surface area contributed by atoms with Gasteiger partial charge < -0.3 is 44.9 Å². The van der Waals surface area contributed by atoms with Crippen molar-refractivity contribution in [1.82, 2.24) is 16.0 Å². The van der Waals surface area contributed by atoms with Crippen molar-refractivity contribution < 1.29 is 43.3 Å². The van der Waals surface area contributed by atoms with E-state index < -0.39 is 38.1 Å². The molecule has 13 heteroatoms. The van der Waals surface area contributed by atoms with Crippen molar-refractivity contribution in [1.29, 1.82) is 0 Å². The van der Waals surface area contributed by atoms with E-state index in [-0.39, 0.29) is 29.9 Å². The minimum Gasteiger partial charge on any atom is -0.404 e. The summed E-state index contributed by atoms with van der Waals surface area (Å²) in [6, 6.07) is 5.82. The van der Waals surface area contributed by atoms with Gasteiger partial charge in [-0.2, -0.15) is 0 Å². The van der Waals surface area contributed by atoms with Crippen molar-refractivity contribution in [3.63, 3.8) is 0 Å². The van der Waals surface area contributed by atoms with Crippen LogP contribution in [-0.2, 0) is 25.3 Å². The van der Waals surface area contributed by atoms with E-state index in [0.29, 0.717) is 25.9 Å². The van der Waals surface area contributed by atoms with Gasteiger partial charge in [-0.25, -0.2) is 4.57 Å². The highest BCUT2D eigenvalue weighted by molar-refractivity contribution is 7.46. The second-order valence-corrected chi connectivity index (χ2v) is 10.7. The van der Waals surface area contributed by atoms with E-state index in [9.17, 15) is 14.8 Å². The molecular weight excluding hydrogens is 481 g/mol. The number of phosphoric ester groups is 1. The van der Waals surface area contributed by atoms with Crippen LogP contribution in [0.4, 0.5) is 0 Å². The highest BCUT2D eigenvalue weighted by atomic mass is 31.2. The SMILES string of the molecule is CNC1CC2OC3O[C@H](C)CC(CNCc4cccc(OP(=O)(O)O)c4)C3(O)OC2C(NC)C1O. The number of hydrogen-bond donors (Lipinski definition) is 7. The van der Waals surface area contributed by atoms with E-state index in [1.807, 2.05) is 6.92 Å². The summed E-state index contributed by atoms with van der Waals surface area (Å²) in [6.07, 6.45) is -1.76. The van der Waals surface area contributed by atoms with Gasteiger partial charge in [-0.15, -0.1) is 0 Å². The third-order valence-corrected chi connectivity index (χ3v) is 7.50. The normalized spacial score (nSPS) is 39.5. The Hall–Kier alpha value is -1.15. The molecule has 8 unspecified atom stereocenters. The molecule has 0 radical (unpaired) electrons. The monoisotopic (exact) mass is 517 g/mol. The Bertz CT molecular complexity index is 920. The van der Waals surface area contributed by atoms with Crippen LogP contribution < -0.4 is 20.5 Å². The number of fused-ring (bicyclic) bond motifs is 2. The first-order valence-electron chi connectivity index (χ1n) is 11.8. The molecule has 4 rings (SSSR count). The van der Waals surface area contributed by atoms with Crippen LogP contribution in [0.1, 0.15) is 25.3 Å². The lowest BCUT2D eigenvalue weighted by Crippen LogP contribution is -2.74. The zero-order valence-electron chi connectivity index (χ0n) is 20.0. The average Bonchev–Trinajstić information content (AvgIpc) is 2.77. The van der Waals surface area contributed by atoms with Crippen molar-refractivity contribution in [2.24, 2.45) is 5.92 Å². The predicted molar refractivity (Wildman–Crippen MR) is 124 cm³/mol. The molecule has 1 saturated carbocycles. The van der Waals surface area contributed by atoms with Crippen LogP contribution in [0.3, 0.4) is 0 Å². The number of ether oxygens (including phenoxy) is 3. The average molecular weight is 518 g/mol. The van der Waals surface area contributed by atoms with Gasteiger partial charge in [0, 0.05) is 25.0 Å². The molecule has 1 aliphatic carbocycles. The number of likely N-dealkylation sites (N-methyl/N-ethyl adjacent to an activating group) is 2. The molecule has 35 heavy (non-hydrogen) atoms. The van der Waals surface area contributed by atoms with Crippen LogP contribution in [0, 0.1) is 5.92 Å². The molecule has 0 amide bonds. The summed E-state index contributed by atoms with van der Waals surface area (Å²) in [5.41, 5.74) is 0.754. The summed E-state index contributed by atoms with van der Waals surface area (Å²) in [7, 11) is -1.11. The van der Waals surface area contributed by atoms with Gasteiger partial charge in [0.05, 0.1) is 24.4 Å². The van der Waals surface area contributed by atoms with E-state index in [1.54, 1.807) is 32.3 Å². The molecule has 0 aromatic heterocycles. The Balaban J connectivity index is 1.44. The van der Waals surface area contributed by atoms with Gasteiger partial charge in [-0.3, -0.25) is 9.79 Å². The number of phosphoric acid groups is 1. The van der Waals surface area contributed by atoms with E-state index in [0.717, 1.165) is 5.56 Å². The minimum atomic E-state index is -4.64. The third kappa shape index (κ3) is 5.89. The quantitative estimate of drug-likeness (QED) is 0.219. The van der Waals surface area contributed by atoms with Gasteiger partial charge in [-0.05, 0) is 51.6 Å². The fourth-order valence-corrected chi connectivity index (χ4v) is 5.75. The number of aliphatic hydroxyl groups excluding tert-OH is 1. The molecule has 0 bridgehead atoms.